The van der Waals surface area contributed by atoms with Crippen molar-refractivity contribution in [3.05, 3.63) is 29.3 Å². The zero-order valence-corrected chi connectivity index (χ0v) is 11.7. The zero-order chi connectivity index (χ0) is 15.0. The third-order valence-corrected chi connectivity index (χ3v) is 3.48. The topological polar surface area (TPSA) is 47.3 Å². The molecule has 3 N–H and O–H groups in total. The van der Waals surface area contributed by atoms with Crippen LogP contribution in [0.4, 0.5) is 18.9 Å². The second-order valence-electron chi connectivity index (χ2n) is 5.11. The van der Waals surface area contributed by atoms with Gasteiger partial charge in [-0.15, -0.1) is 0 Å². The third kappa shape index (κ3) is 3.21. The first kappa shape index (κ1) is 15.1. The number of hydrogen-bond donors (Lipinski definition) is 2. The van der Waals surface area contributed by atoms with Gasteiger partial charge in [0.15, 0.2) is 0 Å². The van der Waals surface area contributed by atoms with Gasteiger partial charge in [-0.3, -0.25) is 0 Å². The molecule has 1 aromatic rings. The molecule has 0 radical (unpaired) electrons. The Labute approximate surface area is 120 Å². The number of halogens is 3. The first-order valence-corrected chi connectivity index (χ1v) is 6.49. The van der Waals surface area contributed by atoms with Gasteiger partial charge in [-0.2, -0.15) is 13.2 Å². The van der Waals surface area contributed by atoms with E-state index in [1.165, 1.54) is 6.07 Å². The van der Waals surface area contributed by atoms with E-state index in [1.807, 2.05) is 6.92 Å². The maximum Gasteiger partial charge on any atom is 0.417 e. The first-order valence-electron chi connectivity index (χ1n) is 6.08. The molecule has 0 aliphatic carbocycles. The van der Waals surface area contributed by atoms with Crippen molar-refractivity contribution in [2.75, 3.05) is 18.5 Å². The van der Waals surface area contributed by atoms with Crippen LogP contribution in [0.2, 0.25) is 0 Å². The van der Waals surface area contributed by atoms with Crippen LogP contribution < -0.4 is 11.1 Å². The average molecular weight is 304 g/mol. The van der Waals surface area contributed by atoms with E-state index in [0.717, 1.165) is 12.5 Å². The molecule has 1 aromatic carbocycles. The lowest BCUT2D eigenvalue weighted by Crippen LogP contribution is -2.35. The van der Waals surface area contributed by atoms with E-state index in [1.54, 1.807) is 6.07 Å². The molecule has 0 bridgehead atoms. The smallest absolute Gasteiger partial charge is 0.389 e. The van der Waals surface area contributed by atoms with Crippen molar-refractivity contribution in [2.24, 2.45) is 5.73 Å². The molecule has 2 rings (SSSR count). The minimum atomic E-state index is -4.50. The van der Waals surface area contributed by atoms with Gasteiger partial charge in [-0.25, -0.2) is 0 Å². The van der Waals surface area contributed by atoms with Crippen LogP contribution in [0.3, 0.4) is 0 Å². The van der Waals surface area contributed by atoms with Gasteiger partial charge in [0.1, 0.15) is 4.99 Å². The van der Waals surface area contributed by atoms with Crippen molar-refractivity contribution >= 4 is 22.9 Å². The van der Waals surface area contributed by atoms with E-state index in [2.05, 4.69) is 17.5 Å². The van der Waals surface area contributed by atoms with Gasteiger partial charge in [0, 0.05) is 17.9 Å². The molecule has 1 unspecified atom stereocenters. The summed E-state index contributed by atoms with van der Waals surface area (Å²) in [4.78, 5) is -0.265. The normalized spacial score (nSPS) is 22.8. The molecule has 1 aliphatic heterocycles. The molecule has 0 saturated carbocycles. The monoisotopic (exact) mass is 304 g/mol. The number of rotatable bonds is 3. The predicted octanol–water partition coefficient (Wildman–Crippen LogP) is 2.93. The van der Waals surface area contributed by atoms with Gasteiger partial charge >= 0.3 is 6.18 Å². The maximum atomic E-state index is 13.0. The van der Waals surface area contributed by atoms with E-state index >= 15 is 0 Å². The molecular formula is C13H15F3N2OS. The summed E-state index contributed by atoms with van der Waals surface area (Å²) in [7, 11) is 0. The van der Waals surface area contributed by atoms with Crippen molar-refractivity contribution in [1.82, 2.24) is 0 Å². The Hall–Kier alpha value is -1.34. The molecule has 20 heavy (non-hydrogen) atoms. The van der Waals surface area contributed by atoms with Crippen LogP contribution in [0.1, 0.15) is 24.5 Å². The van der Waals surface area contributed by atoms with Crippen LogP contribution in [-0.4, -0.2) is 23.7 Å². The number of hydrogen-bond acceptors (Lipinski definition) is 3. The quantitative estimate of drug-likeness (QED) is 0.843. The summed E-state index contributed by atoms with van der Waals surface area (Å²) < 4.78 is 44.4. The SMILES string of the molecule is CC1(Nc2ccc(C(N)=S)c(C(F)(F)F)c2)CCOC1. The van der Waals surface area contributed by atoms with Crippen molar-refractivity contribution in [2.45, 2.75) is 25.1 Å². The fraction of sp³-hybridized carbons (Fsp3) is 0.462. The van der Waals surface area contributed by atoms with Gasteiger partial charge in [-0.1, -0.05) is 12.2 Å². The highest BCUT2D eigenvalue weighted by molar-refractivity contribution is 7.80. The lowest BCUT2D eigenvalue weighted by molar-refractivity contribution is -0.137. The molecule has 1 atom stereocenters. The molecule has 0 aromatic heterocycles. The number of benzene rings is 1. The number of nitrogens with two attached hydrogens (primary N) is 1. The van der Waals surface area contributed by atoms with Crippen LogP contribution in [0, 0.1) is 0 Å². The van der Waals surface area contributed by atoms with Gasteiger partial charge in [0.05, 0.1) is 17.7 Å². The van der Waals surface area contributed by atoms with Crippen molar-refractivity contribution < 1.29 is 17.9 Å². The van der Waals surface area contributed by atoms with E-state index < -0.39 is 11.7 Å². The maximum absolute atomic E-state index is 13.0. The van der Waals surface area contributed by atoms with E-state index in [-0.39, 0.29) is 16.1 Å². The predicted molar refractivity (Wildman–Crippen MR) is 74.8 cm³/mol. The molecule has 1 heterocycles. The van der Waals surface area contributed by atoms with Crippen LogP contribution in [-0.2, 0) is 10.9 Å². The second-order valence-corrected chi connectivity index (χ2v) is 5.55. The number of ether oxygens (including phenoxy) is 1. The largest absolute Gasteiger partial charge is 0.417 e. The summed E-state index contributed by atoms with van der Waals surface area (Å²) >= 11 is 4.66. The Kier molecular flexibility index (Phi) is 3.93. The fourth-order valence-corrected chi connectivity index (χ4v) is 2.36. The Balaban J connectivity index is 2.35. The summed E-state index contributed by atoms with van der Waals surface area (Å²) in [6.45, 7) is 2.97. The third-order valence-electron chi connectivity index (χ3n) is 3.26. The van der Waals surface area contributed by atoms with Gasteiger partial charge in [0.25, 0.3) is 0 Å². The number of alkyl halides is 3. The lowest BCUT2D eigenvalue weighted by Gasteiger charge is -2.26. The molecule has 0 spiro atoms. The summed E-state index contributed by atoms with van der Waals surface area (Å²) in [5, 5.41) is 3.09. The van der Waals surface area contributed by atoms with Crippen LogP contribution in [0.5, 0.6) is 0 Å². The minimum Gasteiger partial charge on any atom is -0.389 e. The van der Waals surface area contributed by atoms with Crippen molar-refractivity contribution in [1.29, 1.82) is 0 Å². The Morgan fingerprint density at radius 1 is 1.45 bits per heavy atom. The molecule has 7 heteroatoms. The van der Waals surface area contributed by atoms with Crippen molar-refractivity contribution in [3.8, 4) is 0 Å². The Morgan fingerprint density at radius 2 is 2.15 bits per heavy atom. The number of anilines is 1. The van der Waals surface area contributed by atoms with E-state index in [0.29, 0.717) is 18.9 Å². The Morgan fingerprint density at radius 3 is 2.65 bits per heavy atom. The molecular weight excluding hydrogens is 289 g/mol. The first-order chi connectivity index (χ1) is 9.21. The van der Waals surface area contributed by atoms with Gasteiger partial charge in [-0.05, 0) is 31.5 Å². The van der Waals surface area contributed by atoms with Crippen LogP contribution in [0.15, 0.2) is 18.2 Å². The molecule has 1 fully saturated rings. The lowest BCUT2D eigenvalue weighted by atomic mass is 10.00. The molecule has 3 nitrogen and oxygen atoms in total. The minimum absolute atomic E-state index is 0.161. The van der Waals surface area contributed by atoms with E-state index in [4.69, 9.17) is 10.5 Å². The van der Waals surface area contributed by atoms with Crippen LogP contribution >= 0.6 is 12.2 Å². The molecule has 1 saturated heterocycles. The van der Waals surface area contributed by atoms with Crippen molar-refractivity contribution in [3.63, 3.8) is 0 Å². The highest BCUT2D eigenvalue weighted by Crippen LogP contribution is 2.35. The van der Waals surface area contributed by atoms with Gasteiger partial charge in [0.2, 0.25) is 0 Å². The average Bonchev–Trinajstić information content (AvgIpc) is 2.74. The summed E-state index contributed by atoms with van der Waals surface area (Å²) in [5.74, 6) is 0. The van der Waals surface area contributed by atoms with E-state index in [9.17, 15) is 13.2 Å². The summed E-state index contributed by atoms with van der Waals surface area (Å²) in [5.41, 5.74) is 4.39. The zero-order valence-electron chi connectivity index (χ0n) is 10.9. The van der Waals surface area contributed by atoms with Crippen LogP contribution in [0.25, 0.3) is 0 Å². The summed E-state index contributed by atoms with van der Waals surface area (Å²) in [6.07, 6.45) is -3.76. The van der Waals surface area contributed by atoms with Gasteiger partial charge < -0.3 is 15.8 Å². The molecule has 1 aliphatic rings. The molecule has 110 valence electrons. The molecule has 0 amide bonds. The Bertz CT molecular complexity index is 525. The standard InChI is InChI=1S/C13H15F3N2OS/c1-12(4-5-19-7-12)18-8-2-3-9(11(17)20)10(6-8)13(14,15)16/h2-3,6,18H,4-5,7H2,1H3,(H2,17,20). The number of nitrogens with one attached hydrogen (secondary N) is 1. The highest BCUT2D eigenvalue weighted by Gasteiger charge is 2.35. The number of thiocarbonyl (C=S) groups is 1. The second kappa shape index (κ2) is 5.21. The highest BCUT2D eigenvalue weighted by atomic mass is 32.1. The fourth-order valence-electron chi connectivity index (χ4n) is 2.19. The summed E-state index contributed by atoms with van der Waals surface area (Å²) in [6, 6.07) is 3.89.